The Morgan fingerprint density at radius 2 is 2.00 bits per heavy atom. The van der Waals surface area contributed by atoms with Crippen molar-refractivity contribution < 1.29 is 13.2 Å². The van der Waals surface area contributed by atoms with Crippen molar-refractivity contribution in [2.75, 3.05) is 32.8 Å². The summed E-state index contributed by atoms with van der Waals surface area (Å²) in [4.78, 5) is 0.412. The third-order valence-corrected chi connectivity index (χ3v) is 5.46. The van der Waals surface area contributed by atoms with Gasteiger partial charge < -0.3 is 10.1 Å². The van der Waals surface area contributed by atoms with Crippen molar-refractivity contribution in [2.45, 2.75) is 25.3 Å². The van der Waals surface area contributed by atoms with Gasteiger partial charge in [-0.1, -0.05) is 19.1 Å². The maximum Gasteiger partial charge on any atom is 0.243 e. The molecular weight excluding hydrogens is 276 g/mol. The van der Waals surface area contributed by atoms with Crippen LogP contribution < -0.4 is 5.32 Å². The van der Waals surface area contributed by atoms with Gasteiger partial charge in [-0.25, -0.2) is 8.42 Å². The Morgan fingerprint density at radius 1 is 1.30 bits per heavy atom. The fourth-order valence-electron chi connectivity index (χ4n) is 2.23. The molecule has 1 aromatic carbocycles. The fourth-order valence-corrected chi connectivity index (χ4v) is 3.91. The minimum absolute atomic E-state index is 0.412. The van der Waals surface area contributed by atoms with Crippen LogP contribution >= 0.6 is 0 Å². The molecule has 1 N–H and O–H groups in total. The quantitative estimate of drug-likeness (QED) is 0.885. The van der Waals surface area contributed by atoms with E-state index in [0.29, 0.717) is 37.7 Å². The molecule has 1 fully saturated rings. The number of benzene rings is 1. The maximum atomic E-state index is 12.7. The summed E-state index contributed by atoms with van der Waals surface area (Å²) in [5.41, 5.74) is 1.78. The van der Waals surface area contributed by atoms with E-state index in [-0.39, 0.29) is 0 Å². The second kappa shape index (κ2) is 6.67. The van der Waals surface area contributed by atoms with Crippen molar-refractivity contribution in [1.82, 2.24) is 9.62 Å². The first-order valence-corrected chi connectivity index (χ1v) is 8.38. The summed E-state index contributed by atoms with van der Waals surface area (Å²) in [5.74, 6) is 0. The number of hydrogen-bond acceptors (Lipinski definition) is 4. The zero-order valence-electron chi connectivity index (χ0n) is 12.1. The summed E-state index contributed by atoms with van der Waals surface area (Å²) in [6, 6.07) is 5.62. The van der Waals surface area contributed by atoms with Gasteiger partial charge in [-0.3, -0.25) is 0 Å². The van der Waals surface area contributed by atoms with Gasteiger partial charge in [0.25, 0.3) is 0 Å². The van der Waals surface area contributed by atoms with Crippen LogP contribution in [0, 0.1) is 6.92 Å². The van der Waals surface area contributed by atoms with Crippen molar-refractivity contribution in [3.8, 4) is 0 Å². The van der Waals surface area contributed by atoms with Crippen molar-refractivity contribution >= 4 is 10.0 Å². The summed E-state index contributed by atoms with van der Waals surface area (Å²) >= 11 is 0. The molecule has 0 aromatic heterocycles. The number of nitrogens with one attached hydrogen (secondary N) is 1. The number of hydrogen-bond donors (Lipinski definition) is 1. The van der Waals surface area contributed by atoms with Crippen LogP contribution in [-0.2, 0) is 21.3 Å². The van der Waals surface area contributed by atoms with Crippen LogP contribution in [0.3, 0.4) is 0 Å². The molecule has 0 radical (unpaired) electrons. The van der Waals surface area contributed by atoms with Crippen LogP contribution in [0.15, 0.2) is 23.1 Å². The monoisotopic (exact) mass is 298 g/mol. The summed E-state index contributed by atoms with van der Waals surface area (Å²) in [5, 5.41) is 3.21. The molecule has 6 heteroatoms. The topological polar surface area (TPSA) is 58.6 Å². The zero-order chi connectivity index (χ0) is 14.6. The standard InChI is InChI=1S/C14H22N2O3S/c1-3-15-11-13-5-4-12(2)14(10-13)20(17,18)16-6-8-19-9-7-16/h4-5,10,15H,3,6-9,11H2,1-2H3. The third kappa shape index (κ3) is 3.38. The van der Waals surface area contributed by atoms with Crippen LogP contribution in [0.4, 0.5) is 0 Å². The van der Waals surface area contributed by atoms with E-state index in [0.717, 1.165) is 17.7 Å². The molecule has 2 rings (SSSR count). The van der Waals surface area contributed by atoms with Gasteiger partial charge in [-0.2, -0.15) is 4.31 Å². The molecule has 0 bridgehead atoms. The van der Waals surface area contributed by atoms with E-state index in [2.05, 4.69) is 5.32 Å². The average Bonchev–Trinajstić information content (AvgIpc) is 2.47. The molecule has 112 valence electrons. The van der Waals surface area contributed by atoms with Gasteiger partial charge in [-0.05, 0) is 30.7 Å². The highest BCUT2D eigenvalue weighted by molar-refractivity contribution is 7.89. The molecule has 1 aromatic rings. The van der Waals surface area contributed by atoms with Crippen LogP contribution in [0.1, 0.15) is 18.1 Å². The molecule has 1 aliphatic heterocycles. The third-order valence-electron chi connectivity index (χ3n) is 3.42. The largest absolute Gasteiger partial charge is 0.379 e. The Kier molecular flexibility index (Phi) is 5.15. The highest BCUT2D eigenvalue weighted by Crippen LogP contribution is 2.22. The van der Waals surface area contributed by atoms with Gasteiger partial charge in [0.15, 0.2) is 0 Å². The van der Waals surface area contributed by atoms with Gasteiger partial charge in [0, 0.05) is 19.6 Å². The molecule has 0 atom stereocenters. The lowest BCUT2D eigenvalue weighted by Crippen LogP contribution is -2.40. The smallest absolute Gasteiger partial charge is 0.243 e. The lowest BCUT2D eigenvalue weighted by Gasteiger charge is -2.26. The number of sulfonamides is 1. The lowest BCUT2D eigenvalue weighted by molar-refractivity contribution is 0.0730. The van der Waals surface area contributed by atoms with Crippen LogP contribution in [-0.4, -0.2) is 45.6 Å². The molecule has 0 aliphatic carbocycles. The van der Waals surface area contributed by atoms with E-state index in [1.165, 1.54) is 4.31 Å². The van der Waals surface area contributed by atoms with Gasteiger partial charge in [0.05, 0.1) is 18.1 Å². The zero-order valence-corrected chi connectivity index (χ0v) is 12.9. The van der Waals surface area contributed by atoms with Crippen LogP contribution in [0.5, 0.6) is 0 Å². The van der Waals surface area contributed by atoms with Crippen molar-refractivity contribution in [3.05, 3.63) is 29.3 Å². The van der Waals surface area contributed by atoms with Crippen LogP contribution in [0.25, 0.3) is 0 Å². The minimum atomic E-state index is -3.41. The summed E-state index contributed by atoms with van der Waals surface area (Å²) < 4.78 is 32.1. The predicted molar refractivity (Wildman–Crippen MR) is 78.1 cm³/mol. The molecule has 0 unspecified atom stereocenters. The number of aryl methyl sites for hydroxylation is 1. The van der Waals surface area contributed by atoms with Gasteiger partial charge >= 0.3 is 0 Å². The molecular formula is C14H22N2O3S. The van der Waals surface area contributed by atoms with E-state index < -0.39 is 10.0 Å². The Bertz CT molecular complexity index is 552. The Labute approximate surface area is 121 Å². The minimum Gasteiger partial charge on any atom is -0.379 e. The van der Waals surface area contributed by atoms with Crippen molar-refractivity contribution in [1.29, 1.82) is 0 Å². The second-order valence-corrected chi connectivity index (χ2v) is 6.80. The normalized spacial score (nSPS) is 17.3. The number of rotatable bonds is 5. The highest BCUT2D eigenvalue weighted by atomic mass is 32.2. The molecule has 1 heterocycles. The van der Waals surface area contributed by atoms with E-state index in [1.54, 1.807) is 6.07 Å². The molecule has 1 aliphatic rings. The number of nitrogens with zero attached hydrogens (tertiary/aromatic N) is 1. The summed E-state index contributed by atoms with van der Waals surface area (Å²) in [6.07, 6.45) is 0. The first-order chi connectivity index (χ1) is 9.55. The van der Waals surface area contributed by atoms with E-state index in [1.807, 2.05) is 26.0 Å². The number of morpholine rings is 1. The molecule has 5 nitrogen and oxygen atoms in total. The second-order valence-electron chi connectivity index (χ2n) is 4.90. The molecule has 0 amide bonds. The fraction of sp³-hybridized carbons (Fsp3) is 0.571. The first-order valence-electron chi connectivity index (χ1n) is 6.94. The molecule has 20 heavy (non-hydrogen) atoms. The lowest BCUT2D eigenvalue weighted by atomic mass is 10.1. The average molecular weight is 298 g/mol. The maximum absolute atomic E-state index is 12.7. The van der Waals surface area contributed by atoms with Crippen LogP contribution in [0.2, 0.25) is 0 Å². The first kappa shape index (κ1) is 15.4. The Balaban J connectivity index is 2.29. The molecule has 1 saturated heterocycles. The molecule has 0 spiro atoms. The van der Waals surface area contributed by atoms with E-state index >= 15 is 0 Å². The Morgan fingerprint density at radius 3 is 2.65 bits per heavy atom. The van der Waals surface area contributed by atoms with Gasteiger partial charge in [-0.15, -0.1) is 0 Å². The summed E-state index contributed by atoms with van der Waals surface area (Å²) in [7, 11) is -3.41. The van der Waals surface area contributed by atoms with Crippen molar-refractivity contribution in [3.63, 3.8) is 0 Å². The van der Waals surface area contributed by atoms with E-state index in [4.69, 9.17) is 4.74 Å². The number of ether oxygens (including phenoxy) is 1. The highest BCUT2D eigenvalue weighted by Gasteiger charge is 2.27. The summed E-state index contributed by atoms with van der Waals surface area (Å²) in [6.45, 7) is 7.20. The predicted octanol–water partition coefficient (Wildman–Crippen LogP) is 1.13. The molecule has 0 saturated carbocycles. The van der Waals surface area contributed by atoms with Crippen molar-refractivity contribution in [2.24, 2.45) is 0 Å². The van der Waals surface area contributed by atoms with Gasteiger partial charge in [0.2, 0.25) is 10.0 Å². The van der Waals surface area contributed by atoms with E-state index in [9.17, 15) is 8.42 Å². The Hall–Kier alpha value is -0.950. The van der Waals surface area contributed by atoms with Gasteiger partial charge in [0.1, 0.15) is 0 Å². The SMILES string of the molecule is CCNCc1ccc(C)c(S(=O)(=O)N2CCOCC2)c1.